The van der Waals surface area contributed by atoms with E-state index in [0.29, 0.717) is 18.7 Å². The lowest BCUT2D eigenvalue weighted by atomic mass is 10.2. The first-order valence-electron chi connectivity index (χ1n) is 6.63. The molecule has 5 heteroatoms. The fourth-order valence-electron chi connectivity index (χ4n) is 1.86. The maximum atomic E-state index is 12.2. The van der Waals surface area contributed by atoms with E-state index in [1.165, 1.54) is 0 Å². The molecule has 0 aliphatic heterocycles. The molecule has 0 fully saturated rings. The van der Waals surface area contributed by atoms with E-state index in [1.54, 1.807) is 30.3 Å². The van der Waals surface area contributed by atoms with Crippen molar-refractivity contribution in [2.75, 3.05) is 20.2 Å². The van der Waals surface area contributed by atoms with Crippen molar-refractivity contribution in [3.05, 3.63) is 58.9 Å². The number of hydrogen-bond donors (Lipinski definition) is 0. The van der Waals surface area contributed by atoms with Gasteiger partial charge in [-0.15, -0.1) is 0 Å². The molecule has 0 N–H and O–H groups in total. The first-order valence-corrected chi connectivity index (χ1v) is 7.01. The maximum absolute atomic E-state index is 12.2. The predicted molar refractivity (Wildman–Crippen MR) is 82.9 cm³/mol. The normalized spacial score (nSPS) is 10.2. The van der Waals surface area contributed by atoms with Gasteiger partial charge in [-0.2, -0.15) is 0 Å². The van der Waals surface area contributed by atoms with Crippen molar-refractivity contribution < 1.29 is 9.53 Å². The van der Waals surface area contributed by atoms with Gasteiger partial charge in [0.1, 0.15) is 17.5 Å². The van der Waals surface area contributed by atoms with E-state index in [4.69, 9.17) is 16.3 Å². The highest BCUT2D eigenvalue weighted by Crippen LogP contribution is 2.14. The molecule has 0 atom stereocenters. The number of carbonyl (C=O) groups is 1. The van der Waals surface area contributed by atoms with Crippen molar-refractivity contribution in [1.29, 1.82) is 0 Å². The highest BCUT2D eigenvalue weighted by molar-refractivity contribution is 6.32. The first-order chi connectivity index (χ1) is 10.1. The minimum atomic E-state index is -0.166. The van der Waals surface area contributed by atoms with Crippen LogP contribution in [0.1, 0.15) is 15.9 Å². The van der Waals surface area contributed by atoms with Gasteiger partial charge < -0.3 is 9.64 Å². The maximum Gasteiger partial charge on any atom is 0.256 e. The zero-order chi connectivity index (χ0) is 15.2. The molecule has 0 spiro atoms. The van der Waals surface area contributed by atoms with Gasteiger partial charge in [-0.05, 0) is 36.8 Å². The summed E-state index contributed by atoms with van der Waals surface area (Å²) in [6.45, 7) is 2.90. The minimum absolute atomic E-state index is 0.166. The Morgan fingerprint density at radius 1 is 1.33 bits per heavy atom. The molecule has 4 nitrogen and oxygen atoms in total. The van der Waals surface area contributed by atoms with Crippen LogP contribution in [-0.4, -0.2) is 36.0 Å². The smallest absolute Gasteiger partial charge is 0.256 e. The van der Waals surface area contributed by atoms with Crippen LogP contribution >= 0.6 is 11.6 Å². The number of halogens is 1. The van der Waals surface area contributed by atoms with Crippen LogP contribution in [0.5, 0.6) is 5.75 Å². The summed E-state index contributed by atoms with van der Waals surface area (Å²) in [6.07, 6.45) is 1.56. The standard InChI is InChI=1S/C16H17ClN2O2/c1-12-5-3-6-13(11-12)21-10-9-19(2)16(20)14-7-4-8-18-15(14)17/h3-8,11H,9-10H2,1-2H3. The second-order valence-electron chi connectivity index (χ2n) is 4.73. The third-order valence-corrected chi connectivity index (χ3v) is 3.32. The van der Waals surface area contributed by atoms with E-state index in [-0.39, 0.29) is 11.1 Å². The first kappa shape index (κ1) is 15.3. The summed E-state index contributed by atoms with van der Waals surface area (Å²) < 4.78 is 5.63. The topological polar surface area (TPSA) is 42.4 Å². The average molecular weight is 305 g/mol. The van der Waals surface area contributed by atoms with Gasteiger partial charge in [0, 0.05) is 13.2 Å². The monoisotopic (exact) mass is 304 g/mol. The number of likely N-dealkylation sites (N-methyl/N-ethyl adjacent to an activating group) is 1. The zero-order valence-corrected chi connectivity index (χ0v) is 12.8. The van der Waals surface area contributed by atoms with E-state index in [0.717, 1.165) is 11.3 Å². The number of ether oxygens (including phenoxy) is 1. The number of aryl methyl sites for hydroxylation is 1. The predicted octanol–water partition coefficient (Wildman–Crippen LogP) is 3.19. The van der Waals surface area contributed by atoms with E-state index in [2.05, 4.69) is 4.98 Å². The van der Waals surface area contributed by atoms with E-state index in [9.17, 15) is 4.79 Å². The summed E-state index contributed by atoms with van der Waals surface area (Å²) in [6, 6.07) is 11.2. The number of carbonyl (C=O) groups excluding carboxylic acids is 1. The number of pyridine rings is 1. The van der Waals surface area contributed by atoms with Gasteiger partial charge in [0.05, 0.1) is 12.1 Å². The van der Waals surface area contributed by atoms with Crippen molar-refractivity contribution in [3.8, 4) is 5.75 Å². The molecule has 0 aliphatic rings. The van der Waals surface area contributed by atoms with Gasteiger partial charge >= 0.3 is 0 Å². The molecular formula is C16H17ClN2O2. The lowest BCUT2D eigenvalue weighted by Crippen LogP contribution is -2.31. The van der Waals surface area contributed by atoms with Crippen molar-refractivity contribution in [1.82, 2.24) is 9.88 Å². The molecule has 1 aromatic heterocycles. The van der Waals surface area contributed by atoms with Crippen LogP contribution in [0.2, 0.25) is 5.15 Å². The molecule has 21 heavy (non-hydrogen) atoms. The molecule has 0 bridgehead atoms. The molecular weight excluding hydrogens is 288 g/mol. The Bertz CT molecular complexity index is 631. The van der Waals surface area contributed by atoms with E-state index < -0.39 is 0 Å². The Morgan fingerprint density at radius 3 is 2.86 bits per heavy atom. The number of aromatic nitrogens is 1. The molecule has 1 amide bonds. The molecule has 0 radical (unpaired) electrons. The van der Waals surface area contributed by atoms with E-state index >= 15 is 0 Å². The van der Waals surface area contributed by atoms with Crippen molar-refractivity contribution >= 4 is 17.5 Å². The summed E-state index contributed by atoms with van der Waals surface area (Å²) in [7, 11) is 1.71. The van der Waals surface area contributed by atoms with Gasteiger partial charge in [0.25, 0.3) is 5.91 Å². The van der Waals surface area contributed by atoms with Crippen molar-refractivity contribution in [2.45, 2.75) is 6.92 Å². The highest BCUT2D eigenvalue weighted by atomic mass is 35.5. The Labute approximate surface area is 129 Å². The van der Waals surface area contributed by atoms with Crippen LogP contribution in [0.15, 0.2) is 42.6 Å². The average Bonchev–Trinajstić information content (AvgIpc) is 2.47. The summed E-state index contributed by atoms with van der Waals surface area (Å²) >= 11 is 5.92. The summed E-state index contributed by atoms with van der Waals surface area (Å²) in [5, 5.41) is 0.217. The number of amides is 1. The number of hydrogen-bond acceptors (Lipinski definition) is 3. The molecule has 0 saturated heterocycles. The molecule has 1 aromatic carbocycles. The molecule has 2 rings (SSSR count). The van der Waals surface area contributed by atoms with Crippen LogP contribution in [-0.2, 0) is 0 Å². The third-order valence-electron chi connectivity index (χ3n) is 3.02. The largest absolute Gasteiger partial charge is 0.492 e. The Balaban J connectivity index is 1.89. The molecule has 110 valence electrons. The van der Waals surface area contributed by atoms with Crippen LogP contribution in [0.4, 0.5) is 0 Å². The minimum Gasteiger partial charge on any atom is -0.492 e. The summed E-state index contributed by atoms with van der Waals surface area (Å²) in [5.41, 5.74) is 1.54. The third kappa shape index (κ3) is 4.20. The second-order valence-corrected chi connectivity index (χ2v) is 5.09. The number of nitrogens with zero attached hydrogens (tertiary/aromatic N) is 2. The fourth-order valence-corrected chi connectivity index (χ4v) is 2.06. The molecule has 0 unspecified atom stereocenters. The number of rotatable bonds is 5. The Kier molecular flexibility index (Phi) is 5.17. The van der Waals surface area contributed by atoms with Crippen LogP contribution in [0.3, 0.4) is 0 Å². The molecule has 1 heterocycles. The quantitative estimate of drug-likeness (QED) is 0.797. The van der Waals surface area contributed by atoms with Gasteiger partial charge in [-0.3, -0.25) is 4.79 Å². The van der Waals surface area contributed by atoms with Crippen LogP contribution < -0.4 is 4.74 Å². The molecule has 0 saturated carbocycles. The van der Waals surface area contributed by atoms with Gasteiger partial charge in [-0.25, -0.2) is 4.98 Å². The lowest BCUT2D eigenvalue weighted by molar-refractivity contribution is 0.0773. The Hall–Kier alpha value is -2.07. The summed E-state index contributed by atoms with van der Waals surface area (Å²) in [4.78, 5) is 17.7. The second kappa shape index (κ2) is 7.09. The molecule has 2 aromatic rings. The Morgan fingerprint density at radius 2 is 2.14 bits per heavy atom. The van der Waals surface area contributed by atoms with Gasteiger partial charge in [0.2, 0.25) is 0 Å². The van der Waals surface area contributed by atoms with E-state index in [1.807, 2.05) is 31.2 Å². The van der Waals surface area contributed by atoms with Crippen molar-refractivity contribution in [2.24, 2.45) is 0 Å². The fraction of sp³-hybridized carbons (Fsp3) is 0.250. The van der Waals surface area contributed by atoms with Crippen LogP contribution in [0.25, 0.3) is 0 Å². The van der Waals surface area contributed by atoms with Gasteiger partial charge in [-0.1, -0.05) is 23.7 Å². The summed E-state index contributed by atoms with van der Waals surface area (Å²) in [5.74, 6) is 0.635. The van der Waals surface area contributed by atoms with Crippen LogP contribution in [0, 0.1) is 6.92 Å². The SMILES string of the molecule is Cc1cccc(OCCN(C)C(=O)c2cccnc2Cl)c1. The highest BCUT2D eigenvalue weighted by Gasteiger charge is 2.15. The van der Waals surface area contributed by atoms with Gasteiger partial charge in [0.15, 0.2) is 0 Å². The molecule has 0 aliphatic carbocycles. The zero-order valence-electron chi connectivity index (χ0n) is 12.0. The number of benzene rings is 1. The lowest BCUT2D eigenvalue weighted by Gasteiger charge is -2.18. The van der Waals surface area contributed by atoms with Crippen molar-refractivity contribution in [3.63, 3.8) is 0 Å².